The third-order valence-electron chi connectivity index (χ3n) is 5.80. The van der Waals surface area contributed by atoms with Gasteiger partial charge >= 0.3 is 0 Å². The highest BCUT2D eigenvalue weighted by molar-refractivity contribution is 5.88. The highest BCUT2D eigenvalue weighted by atomic mass is 19.1. The van der Waals surface area contributed by atoms with Crippen molar-refractivity contribution in [1.82, 2.24) is 10.2 Å². The molecule has 5 nitrogen and oxygen atoms in total. The second kappa shape index (κ2) is 10.9. The van der Waals surface area contributed by atoms with E-state index in [4.69, 9.17) is 4.74 Å². The Morgan fingerprint density at radius 1 is 1.13 bits per heavy atom. The van der Waals surface area contributed by atoms with Gasteiger partial charge in [0.15, 0.2) is 6.61 Å². The highest BCUT2D eigenvalue weighted by Gasteiger charge is 2.30. The molecule has 1 aliphatic rings. The Hall–Kier alpha value is -2.89. The molecule has 166 valence electrons. The van der Waals surface area contributed by atoms with Crippen LogP contribution in [-0.4, -0.2) is 35.4 Å². The number of hydrogen-bond acceptors (Lipinski definition) is 3. The van der Waals surface area contributed by atoms with Gasteiger partial charge in [0.2, 0.25) is 5.91 Å². The molecule has 6 heteroatoms. The van der Waals surface area contributed by atoms with E-state index in [1.165, 1.54) is 12.1 Å². The maximum atomic E-state index is 13.3. The molecule has 0 unspecified atom stereocenters. The summed E-state index contributed by atoms with van der Waals surface area (Å²) in [7, 11) is 0. The topological polar surface area (TPSA) is 58.6 Å². The molecule has 2 aromatic carbocycles. The minimum atomic E-state index is -0.612. The molecule has 0 bridgehead atoms. The van der Waals surface area contributed by atoms with E-state index in [0.29, 0.717) is 12.2 Å². The largest absolute Gasteiger partial charge is 0.484 e. The zero-order valence-electron chi connectivity index (χ0n) is 18.3. The van der Waals surface area contributed by atoms with E-state index in [1.807, 2.05) is 38.1 Å². The molecule has 0 aromatic heterocycles. The van der Waals surface area contributed by atoms with Crippen LogP contribution in [-0.2, 0) is 16.1 Å². The SMILES string of the molecule is CC[C@@H](C(=O)NC1CCCC1)N(Cc1ccc(F)cc1)C(=O)COc1ccccc1C. The number of ether oxygens (including phenoxy) is 1. The van der Waals surface area contributed by atoms with Crippen molar-refractivity contribution >= 4 is 11.8 Å². The van der Waals surface area contributed by atoms with Crippen LogP contribution >= 0.6 is 0 Å². The molecule has 2 amide bonds. The Labute approximate surface area is 183 Å². The Morgan fingerprint density at radius 3 is 2.45 bits per heavy atom. The van der Waals surface area contributed by atoms with Crippen LogP contribution in [0.25, 0.3) is 0 Å². The number of hydrogen-bond donors (Lipinski definition) is 1. The number of rotatable bonds is 9. The molecule has 0 spiro atoms. The lowest BCUT2D eigenvalue weighted by molar-refractivity contribution is -0.143. The second-order valence-corrected chi connectivity index (χ2v) is 8.12. The smallest absolute Gasteiger partial charge is 0.261 e. The monoisotopic (exact) mass is 426 g/mol. The van der Waals surface area contributed by atoms with Crippen molar-refractivity contribution in [2.75, 3.05) is 6.61 Å². The van der Waals surface area contributed by atoms with Gasteiger partial charge in [0, 0.05) is 12.6 Å². The molecule has 0 heterocycles. The Kier molecular flexibility index (Phi) is 8.04. The van der Waals surface area contributed by atoms with E-state index in [-0.39, 0.29) is 36.8 Å². The van der Waals surface area contributed by atoms with Gasteiger partial charge in [0.05, 0.1) is 0 Å². The molecular weight excluding hydrogens is 395 g/mol. The lowest BCUT2D eigenvalue weighted by Gasteiger charge is -2.31. The molecule has 2 aromatic rings. The van der Waals surface area contributed by atoms with Crippen molar-refractivity contribution in [3.8, 4) is 5.75 Å². The van der Waals surface area contributed by atoms with E-state index in [9.17, 15) is 14.0 Å². The van der Waals surface area contributed by atoms with Crippen LogP contribution in [0.4, 0.5) is 4.39 Å². The summed E-state index contributed by atoms with van der Waals surface area (Å²) in [6, 6.07) is 13.1. The van der Waals surface area contributed by atoms with Crippen molar-refractivity contribution in [2.45, 2.75) is 64.6 Å². The van der Waals surface area contributed by atoms with Crippen LogP contribution in [0.15, 0.2) is 48.5 Å². The standard InChI is InChI=1S/C25H31FN2O3/c1-3-22(25(30)27-21-9-5-6-10-21)28(16-19-12-14-20(26)15-13-19)24(29)17-31-23-11-7-4-8-18(23)2/h4,7-8,11-15,21-22H,3,5-6,9-10,16-17H2,1-2H3,(H,27,30)/t22-/m0/s1. The molecule has 1 aliphatic carbocycles. The van der Waals surface area contributed by atoms with E-state index in [1.54, 1.807) is 17.0 Å². The summed E-state index contributed by atoms with van der Waals surface area (Å²) in [4.78, 5) is 27.8. The van der Waals surface area contributed by atoms with Gasteiger partial charge in [-0.2, -0.15) is 0 Å². The van der Waals surface area contributed by atoms with Gasteiger partial charge in [0.1, 0.15) is 17.6 Å². The van der Waals surface area contributed by atoms with E-state index in [0.717, 1.165) is 36.8 Å². The fraction of sp³-hybridized carbons (Fsp3) is 0.440. The summed E-state index contributed by atoms with van der Waals surface area (Å²) in [5.41, 5.74) is 1.70. The summed E-state index contributed by atoms with van der Waals surface area (Å²) < 4.78 is 19.1. The summed E-state index contributed by atoms with van der Waals surface area (Å²) in [5, 5.41) is 3.11. The lowest BCUT2D eigenvalue weighted by Crippen LogP contribution is -2.52. The first-order valence-corrected chi connectivity index (χ1v) is 11.0. The number of carbonyl (C=O) groups excluding carboxylic acids is 2. The minimum Gasteiger partial charge on any atom is -0.484 e. The quantitative estimate of drug-likeness (QED) is 0.647. The third kappa shape index (κ3) is 6.29. The number of amides is 2. The number of nitrogens with one attached hydrogen (secondary N) is 1. The Bertz CT molecular complexity index is 879. The molecule has 1 N–H and O–H groups in total. The molecule has 31 heavy (non-hydrogen) atoms. The molecule has 3 rings (SSSR count). The van der Waals surface area contributed by atoms with Crippen molar-refractivity contribution in [2.24, 2.45) is 0 Å². The molecule has 0 saturated heterocycles. The van der Waals surface area contributed by atoms with Gasteiger partial charge in [-0.25, -0.2) is 4.39 Å². The number of para-hydroxylation sites is 1. The number of nitrogens with zero attached hydrogens (tertiary/aromatic N) is 1. The van der Waals surface area contributed by atoms with Crippen molar-refractivity contribution in [3.05, 3.63) is 65.5 Å². The van der Waals surface area contributed by atoms with Gasteiger partial charge < -0.3 is 15.0 Å². The average Bonchev–Trinajstić information content (AvgIpc) is 3.27. The van der Waals surface area contributed by atoms with Crippen LogP contribution in [0.5, 0.6) is 5.75 Å². The molecule has 0 radical (unpaired) electrons. The fourth-order valence-corrected chi connectivity index (χ4v) is 4.01. The number of halogens is 1. The maximum absolute atomic E-state index is 13.3. The molecule has 1 atom stereocenters. The molecule has 1 fully saturated rings. The normalized spacial score (nSPS) is 14.8. The Morgan fingerprint density at radius 2 is 1.81 bits per heavy atom. The van der Waals surface area contributed by atoms with E-state index in [2.05, 4.69) is 5.32 Å². The Balaban J connectivity index is 1.76. The molecule has 0 aliphatic heterocycles. The van der Waals surface area contributed by atoms with Crippen LogP contribution < -0.4 is 10.1 Å². The minimum absolute atomic E-state index is 0.138. The lowest BCUT2D eigenvalue weighted by atomic mass is 10.1. The fourth-order valence-electron chi connectivity index (χ4n) is 4.01. The third-order valence-corrected chi connectivity index (χ3v) is 5.80. The van der Waals surface area contributed by atoms with Crippen LogP contribution in [0.2, 0.25) is 0 Å². The maximum Gasteiger partial charge on any atom is 0.261 e. The molecule has 1 saturated carbocycles. The van der Waals surface area contributed by atoms with Gasteiger partial charge in [-0.1, -0.05) is 50.1 Å². The second-order valence-electron chi connectivity index (χ2n) is 8.12. The average molecular weight is 427 g/mol. The zero-order valence-corrected chi connectivity index (χ0v) is 18.3. The first kappa shape index (κ1) is 22.8. The highest BCUT2D eigenvalue weighted by Crippen LogP contribution is 2.20. The van der Waals surface area contributed by atoms with E-state index < -0.39 is 6.04 Å². The van der Waals surface area contributed by atoms with Gasteiger partial charge in [-0.15, -0.1) is 0 Å². The first-order chi connectivity index (χ1) is 15.0. The van der Waals surface area contributed by atoms with E-state index >= 15 is 0 Å². The van der Waals surface area contributed by atoms with Crippen molar-refractivity contribution in [1.29, 1.82) is 0 Å². The summed E-state index contributed by atoms with van der Waals surface area (Å²) in [6.07, 6.45) is 4.67. The van der Waals surface area contributed by atoms with Gasteiger partial charge in [0.25, 0.3) is 5.91 Å². The van der Waals surface area contributed by atoms with Crippen molar-refractivity contribution < 1.29 is 18.7 Å². The number of benzene rings is 2. The van der Waals surface area contributed by atoms with Crippen LogP contribution in [0.3, 0.4) is 0 Å². The predicted molar refractivity (Wildman–Crippen MR) is 118 cm³/mol. The van der Waals surface area contributed by atoms with Crippen LogP contribution in [0, 0.1) is 12.7 Å². The molecular formula is C25H31FN2O3. The summed E-state index contributed by atoms with van der Waals surface area (Å²) in [5.74, 6) is -0.113. The van der Waals surface area contributed by atoms with Gasteiger partial charge in [-0.3, -0.25) is 9.59 Å². The summed E-state index contributed by atoms with van der Waals surface area (Å²) in [6.45, 7) is 3.86. The summed E-state index contributed by atoms with van der Waals surface area (Å²) >= 11 is 0. The van der Waals surface area contributed by atoms with Crippen LogP contribution in [0.1, 0.15) is 50.2 Å². The predicted octanol–water partition coefficient (Wildman–Crippen LogP) is 4.38. The van der Waals surface area contributed by atoms with Gasteiger partial charge in [-0.05, 0) is 55.5 Å². The number of aryl methyl sites for hydroxylation is 1. The first-order valence-electron chi connectivity index (χ1n) is 11.0. The van der Waals surface area contributed by atoms with Crippen molar-refractivity contribution in [3.63, 3.8) is 0 Å². The number of carbonyl (C=O) groups is 2. The zero-order chi connectivity index (χ0) is 22.2.